The molecule has 0 saturated heterocycles. The number of aromatic hydroxyl groups is 1. The number of amides is 1. The van der Waals surface area contributed by atoms with Gasteiger partial charge in [-0.2, -0.15) is 0 Å². The summed E-state index contributed by atoms with van der Waals surface area (Å²) in [5.74, 6) is -0.466. The third-order valence-electron chi connectivity index (χ3n) is 4.25. The number of thioether (sulfide) groups is 1. The molecule has 0 bridgehead atoms. The predicted octanol–water partition coefficient (Wildman–Crippen LogP) is 3.18. The number of aliphatic carboxylic acids is 1. The molecule has 0 radical (unpaired) electrons. The number of unbranched alkanes of at least 4 members (excludes halogenated alkanes) is 2. The number of carbonyl (C=O) groups is 2. The minimum absolute atomic E-state index is 0.0258. The Bertz CT molecular complexity index is 673. The lowest BCUT2D eigenvalue weighted by molar-refractivity contribution is -0.135. The molecule has 0 aromatic carbocycles. The fraction of sp³-hybridized carbons (Fsp3) is 0.500. The van der Waals surface area contributed by atoms with E-state index >= 15 is 0 Å². The molecule has 1 heterocycles. The smallest absolute Gasteiger partial charge is 0.352 e. The molecule has 0 spiro atoms. The maximum absolute atomic E-state index is 12.0. The summed E-state index contributed by atoms with van der Waals surface area (Å²) in [6, 6.07) is 3.27. The molecular formula is C18H24N2O4S. The number of nitrogens with zero attached hydrogens (tertiary/aromatic N) is 1. The number of carboxylic acid groups (broad SMARTS) is 1. The summed E-state index contributed by atoms with van der Waals surface area (Å²) < 4.78 is 0. The second-order valence-corrected chi connectivity index (χ2v) is 7.91. The van der Waals surface area contributed by atoms with Crippen molar-refractivity contribution in [2.24, 2.45) is 11.3 Å². The van der Waals surface area contributed by atoms with Crippen molar-refractivity contribution in [3.63, 3.8) is 0 Å². The zero-order chi connectivity index (χ0) is 18.4. The van der Waals surface area contributed by atoms with E-state index < -0.39 is 5.97 Å². The van der Waals surface area contributed by atoms with E-state index in [9.17, 15) is 19.8 Å². The molecular weight excluding hydrogens is 340 g/mol. The first-order valence-electron chi connectivity index (χ1n) is 8.32. The van der Waals surface area contributed by atoms with Crippen LogP contribution >= 0.6 is 11.8 Å². The van der Waals surface area contributed by atoms with Gasteiger partial charge in [0.25, 0.3) is 0 Å². The highest BCUT2D eigenvalue weighted by atomic mass is 32.2. The fourth-order valence-electron chi connectivity index (χ4n) is 2.48. The van der Waals surface area contributed by atoms with Crippen LogP contribution in [0, 0.1) is 11.3 Å². The van der Waals surface area contributed by atoms with Crippen LogP contribution in [0.1, 0.15) is 39.5 Å². The van der Waals surface area contributed by atoms with E-state index in [4.69, 9.17) is 0 Å². The lowest BCUT2D eigenvalue weighted by Crippen LogP contribution is -2.29. The van der Waals surface area contributed by atoms with Gasteiger partial charge in [0.15, 0.2) is 0 Å². The Morgan fingerprint density at radius 3 is 2.76 bits per heavy atom. The highest BCUT2D eigenvalue weighted by Crippen LogP contribution is 2.51. The van der Waals surface area contributed by atoms with Crippen molar-refractivity contribution in [2.75, 3.05) is 5.75 Å². The second-order valence-electron chi connectivity index (χ2n) is 6.83. The van der Waals surface area contributed by atoms with Crippen LogP contribution in [0.2, 0.25) is 0 Å². The van der Waals surface area contributed by atoms with Gasteiger partial charge in [-0.3, -0.25) is 4.79 Å². The first-order chi connectivity index (χ1) is 11.8. The Morgan fingerprint density at radius 2 is 2.16 bits per heavy atom. The molecule has 2 rings (SSSR count). The molecule has 136 valence electrons. The average molecular weight is 364 g/mol. The number of carboxylic acids is 1. The summed E-state index contributed by atoms with van der Waals surface area (Å²) in [6.45, 7) is 4.00. The van der Waals surface area contributed by atoms with Gasteiger partial charge >= 0.3 is 5.97 Å². The molecule has 1 aliphatic carbocycles. The molecule has 3 N–H and O–H groups in total. The monoisotopic (exact) mass is 364 g/mol. The Labute approximate surface area is 151 Å². The molecule has 0 aliphatic heterocycles. The van der Waals surface area contributed by atoms with Crippen LogP contribution in [0.4, 0.5) is 0 Å². The van der Waals surface area contributed by atoms with Gasteiger partial charge in [0, 0.05) is 12.1 Å². The molecule has 1 atom stereocenters. The molecule has 1 unspecified atom stereocenters. The largest absolute Gasteiger partial charge is 0.505 e. The third kappa shape index (κ3) is 5.77. The van der Waals surface area contributed by atoms with Gasteiger partial charge in [0.2, 0.25) is 5.91 Å². The standard InChI is InChI=1S/C18H24N2O4S/c1-18(2)11-12(18)15(22)20-13(17(23)24)7-4-3-5-10-25-16-14(21)8-6-9-19-16/h6-9,12,21H,3-5,10-11H2,1-2H3,(H,20,22)(H,23,24)/b13-7-. The van der Waals surface area contributed by atoms with E-state index in [-0.39, 0.29) is 28.7 Å². The zero-order valence-corrected chi connectivity index (χ0v) is 15.3. The van der Waals surface area contributed by atoms with Crippen molar-refractivity contribution < 1.29 is 19.8 Å². The van der Waals surface area contributed by atoms with E-state index in [2.05, 4.69) is 10.3 Å². The van der Waals surface area contributed by atoms with Crippen LogP contribution in [0.25, 0.3) is 0 Å². The van der Waals surface area contributed by atoms with Crippen molar-refractivity contribution in [1.29, 1.82) is 0 Å². The number of aromatic nitrogens is 1. The molecule has 7 heteroatoms. The van der Waals surface area contributed by atoms with E-state index in [1.807, 2.05) is 13.8 Å². The summed E-state index contributed by atoms with van der Waals surface area (Å²) in [4.78, 5) is 27.4. The molecule has 1 amide bonds. The maximum Gasteiger partial charge on any atom is 0.352 e. The Balaban J connectivity index is 1.72. The topological polar surface area (TPSA) is 99.5 Å². The molecule has 1 fully saturated rings. The van der Waals surface area contributed by atoms with Crippen molar-refractivity contribution in [1.82, 2.24) is 10.3 Å². The summed E-state index contributed by atoms with van der Waals surface area (Å²) in [6.07, 6.45) is 6.22. The van der Waals surface area contributed by atoms with Crippen LogP contribution in [0.3, 0.4) is 0 Å². The van der Waals surface area contributed by atoms with Crippen molar-refractivity contribution >= 4 is 23.6 Å². The quantitative estimate of drug-likeness (QED) is 0.353. The third-order valence-corrected chi connectivity index (χ3v) is 5.34. The molecule has 6 nitrogen and oxygen atoms in total. The van der Waals surface area contributed by atoms with Gasteiger partial charge in [0.1, 0.15) is 16.5 Å². The number of carbonyl (C=O) groups excluding carboxylic acids is 1. The van der Waals surface area contributed by atoms with Crippen molar-refractivity contribution in [2.45, 2.75) is 44.6 Å². The van der Waals surface area contributed by atoms with E-state index in [0.29, 0.717) is 11.4 Å². The van der Waals surface area contributed by atoms with Gasteiger partial charge in [0.05, 0.1) is 0 Å². The number of nitrogens with one attached hydrogen (secondary N) is 1. The second kappa shape index (κ2) is 8.38. The summed E-state index contributed by atoms with van der Waals surface area (Å²) in [5, 5.41) is 22.0. The van der Waals surface area contributed by atoms with Crippen LogP contribution < -0.4 is 5.32 Å². The van der Waals surface area contributed by atoms with Crippen LogP contribution in [0.5, 0.6) is 5.75 Å². The van der Waals surface area contributed by atoms with Gasteiger partial charge < -0.3 is 15.5 Å². The highest BCUT2D eigenvalue weighted by Gasteiger charge is 2.50. The van der Waals surface area contributed by atoms with Crippen LogP contribution in [-0.2, 0) is 9.59 Å². The maximum atomic E-state index is 12.0. The summed E-state index contributed by atoms with van der Waals surface area (Å²) >= 11 is 1.47. The van der Waals surface area contributed by atoms with Gasteiger partial charge in [-0.15, -0.1) is 11.8 Å². The fourth-order valence-corrected chi connectivity index (χ4v) is 3.37. The Morgan fingerprint density at radius 1 is 1.44 bits per heavy atom. The number of rotatable bonds is 9. The zero-order valence-electron chi connectivity index (χ0n) is 14.5. The minimum Gasteiger partial charge on any atom is -0.505 e. The Kier molecular flexibility index (Phi) is 6.47. The number of hydrogen-bond acceptors (Lipinski definition) is 5. The predicted molar refractivity (Wildman–Crippen MR) is 96.2 cm³/mol. The van der Waals surface area contributed by atoms with Gasteiger partial charge in [-0.1, -0.05) is 19.9 Å². The molecule has 1 aliphatic rings. The first kappa shape index (κ1) is 19.3. The van der Waals surface area contributed by atoms with E-state index in [0.717, 1.165) is 25.0 Å². The van der Waals surface area contributed by atoms with Crippen molar-refractivity contribution in [3.8, 4) is 5.75 Å². The van der Waals surface area contributed by atoms with E-state index in [1.165, 1.54) is 11.8 Å². The first-order valence-corrected chi connectivity index (χ1v) is 9.31. The number of pyridine rings is 1. The van der Waals surface area contributed by atoms with Gasteiger partial charge in [-0.05, 0) is 49.0 Å². The molecule has 25 heavy (non-hydrogen) atoms. The Hall–Kier alpha value is -2.02. The van der Waals surface area contributed by atoms with Gasteiger partial charge in [-0.25, -0.2) is 9.78 Å². The van der Waals surface area contributed by atoms with Crippen LogP contribution in [0.15, 0.2) is 35.1 Å². The van der Waals surface area contributed by atoms with Crippen LogP contribution in [-0.4, -0.2) is 32.8 Å². The number of allylic oxidation sites excluding steroid dienone is 1. The van der Waals surface area contributed by atoms with Crippen molar-refractivity contribution in [3.05, 3.63) is 30.1 Å². The highest BCUT2D eigenvalue weighted by molar-refractivity contribution is 7.99. The molecule has 1 aromatic rings. The average Bonchev–Trinajstić information content (AvgIpc) is 3.19. The summed E-state index contributed by atoms with van der Waals surface area (Å²) in [7, 11) is 0. The molecule has 1 aromatic heterocycles. The lowest BCUT2D eigenvalue weighted by atomic mass is 10.1. The van der Waals surface area contributed by atoms with E-state index in [1.54, 1.807) is 24.4 Å². The number of hydrogen-bond donors (Lipinski definition) is 3. The normalized spacial score (nSPS) is 18.6. The SMILES string of the molecule is CC1(C)CC1C(=O)N/C(=C\CCCCSc1ncccc1O)C(=O)O. The molecule has 1 saturated carbocycles. The summed E-state index contributed by atoms with van der Waals surface area (Å²) in [5.41, 5.74) is -0.0650. The lowest BCUT2D eigenvalue weighted by Gasteiger charge is -2.07. The minimum atomic E-state index is -1.11.